The lowest BCUT2D eigenvalue weighted by Crippen LogP contribution is -2.08. The molecule has 7 heteroatoms. The first kappa shape index (κ1) is 49.4. The maximum absolute atomic E-state index is 15.3. The predicted octanol–water partition coefficient (Wildman–Crippen LogP) is 19.9. The Morgan fingerprint density at radius 2 is 0.725 bits per heavy atom. The van der Waals surface area contributed by atoms with E-state index < -0.39 is 11.7 Å². The molecule has 0 saturated heterocycles. The minimum atomic E-state index is -4.79. The van der Waals surface area contributed by atoms with Crippen molar-refractivity contribution in [1.82, 2.24) is 9.13 Å². The van der Waals surface area contributed by atoms with Crippen LogP contribution in [0.2, 0.25) is 0 Å². The van der Waals surface area contributed by atoms with Gasteiger partial charge in [-0.15, -0.1) is 0 Å². The average molecular weight is 1040 g/mol. The highest BCUT2D eigenvalue weighted by Gasteiger charge is 2.35. The van der Waals surface area contributed by atoms with E-state index >= 15 is 13.2 Å². The molecular weight excluding hydrogens is 990 g/mol. The molecule has 0 amide bonds. The average Bonchev–Trinajstić information content (AvgIpc) is 4.11. The summed E-state index contributed by atoms with van der Waals surface area (Å²) in [6, 6.07) is 78.7. The van der Waals surface area contributed by atoms with Crippen LogP contribution < -0.4 is 0 Å². The van der Waals surface area contributed by atoms with Crippen LogP contribution in [0.15, 0.2) is 224 Å². The molecule has 0 N–H and O–H groups in total. The van der Waals surface area contributed by atoms with Crippen molar-refractivity contribution in [3.8, 4) is 90.3 Å². The second kappa shape index (κ2) is 19.4. The van der Waals surface area contributed by atoms with E-state index in [0.717, 1.165) is 116 Å². The molecule has 0 unspecified atom stereocenters. The molecule has 80 heavy (non-hydrogen) atoms. The van der Waals surface area contributed by atoms with Crippen molar-refractivity contribution >= 4 is 43.6 Å². The van der Waals surface area contributed by atoms with Gasteiger partial charge in [-0.1, -0.05) is 140 Å². The Hall–Kier alpha value is -10.2. The van der Waals surface area contributed by atoms with Crippen LogP contribution in [0, 0.1) is 50.4 Å². The van der Waals surface area contributed by atoms with Gasteiger partial charge in [-0.3, -0.25) is 0 Å². The number of hydrogen-bond acceptors (Lipinski definition) is 2. The highest BCUT2D eigenvalue weighted by atomic mass is 19.4. The van der Waals surface area contributed by atoms with Crippen molar-refractivity contribution in [2.75, 3.05) is 0 Å². The molecule has 0 aliphatic rings. The number of aryl methyl sites for hydroxylation is 4. The zero-order valence-corrected chi connectivity index (χ0v) is 44.3. The van der Waals surface area contributed by atoms with Crippen LogP contribution in [-0.2, 0) is 6.18 Å². The zero-order valence-electron chi connectivity index (χ0n) is 44.3. The first-order valence-electron chi connectivity index (χ1n) is 26.6. The molecule has 11 aromatic carbocycles. The number of nitriles is 2. The van der Waals surface area contributed by atoms with Crippen LogP contribution in [0.3, 0.4) is 0 Å². The van der Waals surface area contributed by atoms with Crippen molar-refractivity contribution < 1.29 is 13.2 Å². The number of hydrogen-bond donors (Lipinski definition) is 0. The smallest absolute Gasteiger partial charge is 0.309 e. The van der Waals surface area contributed by atoms with E-state index in [2.05, 4.69) is 176 Å². The van der Waals surface area contributed by atoms with Gasteiger partial charge in [0.15, 0.2) is 0 Å². The van der Waals surface area contributed by atoms with Gasteiger partial charge in [-0.05, 0) is 191 Å². The van der Waals surface area contributed by atoms with E-state index in [1.54, 1.807) is 18.2 Å². The Balaban J connectivity index is 1.15. The molecular formula is C73H49F3N4. The normalized spacial score (nSPS) is 11.7. The number of alkyl halides is 3. The summed E-state index contributed by atoms with van der Waals surface area (Å²) < 4.78 is 50.3. The quantitative estimate of drug-likeness (QED) is 0.152. The van der Waals surface area contributed by atoms with Crippen LogP contribution in [0.4, 0.5) is 13.2 Å². The van der Waals surface area contributed by atoms with Crippen LogP contribution in [0.5, 0.6) is 0 Å². The van der Waals surface area contributed by atoms with Crippen LogP contribution >= 0.6 is 0 Å². The molecule has 0 spiro atoms. The van der Waals surface area contributed by atoms with E-state index in [9.17, 15) is 10.5 Å². The Bertz CT molecular complexity index is 4580. The monoisotopic (exact) mass is 1040 g/mol. The fraction of sp³-hybridized carbons (Fsp3) is 0.0685. The minimum absolute atomic E-state index is 0.0856. The molecule has 2 aromatic heterocycles. The van der Waals surface area contributed by atoms with Gasteiger partial charge in [0.25, 0.3) is 0 Å². The molecule has 4 nitrogen and oxygen atoms in total. The van der Waals surface area contributed by atoms with Crippen molar-refractivity contribution in [2.45, 2.75) is 33.9 Å². The Labute approximate surface area is 461 Å². The molecule has 0 aliphatic carbocycles. The molecule has 0 saturated carbocycles. The molecule has 0 radical (unpaired) electrons. The van der Waals surface area contributed by atoms with Crippen molar-refractivity contribution in [1.29, 1.82) is 10.5 Å². The van der Waals surface area contributed by atoms with E-state index in [0.29, 0.717) is 28.1 Å². The number of rotatable bonds is 8. The molecule has 13 rings (SSSR count). The van der Waals surface area contributed by atoms with Crippen molar-refractivity contribution in [3.63, 3.8) is 0 Å². The standard InChI is InChI=1S/C73H49F3N4/c1-44-14-5-9-19-55(44)49-25-31-66-60(37-49)61-38-50(56-20-10-6-15-45(56)2)26-32-67(61)79(66)70-35-29-53(59-30-24-48(42-77)36-65(59)73(74,75)76)41-64(70)72-54(43-78)18-13-23-71(72)80-68-33-27-51(57-21-11-7-16-46(57)3)39-62(68)63-40-52(28-34-69(63)80)58-22-12-8-17-47(58)4/h5-41H,1-4H3. The first-order valence-corrected chi connectivity index (χ1v) is 26.6. The van der Waals surface area contributed by atoms with Gasteiger partial charge >= 0.3 is 6.18 Å². The predicted molar refractivity (Wildman–Crippen MR) is 321 cm³/mol. The second-order valence-electron chi connectivity index (χ2n) is 20.8. The maximum Gasteiger partial charge on any atom is 0.417 e. The summed E-state index contributed by atoms with van der Waals surface area (Å²) in [7, 11) is 0. The van der Waals surface area contributed by atoms with E-state index in [1.165, 1.54) is 12.1 Å². The molecule has 0 atom stereocenters. The topological polar surface area (TPSA) is 57.4 Å². The van der Waals surface area contributed by atoms with Crippen molar-refractivity contribution in [2.24, 2.45) is 0 Å². The highest BCUT2D eigenvalue weighted by Crippen LogP contribution is 2.47. The van der Waals surface area contributed by atoms with Gasteiger partial charge < -0.3 is 9.13 Å². The molecule has 2 heterocycles. The summed E-state index contributed by atoms with van der Waals surface area (Å²) in [6.45, 7) is 8.45. The lowest BCUT2D eigenvalue weighted by atomic mass is 9.90. The van der Waals surface area contributed by atoms with Crippen LogP contribution in [-0.4, -0.2) is 9.13 Å². The molecule has 0 fully saturated rings. The van der Waals surface area contributed by atoms with E-state index in [1.807, 2.05) is 60.7 Å². The molecule has 0 bridgehead atoms. The third kappa shape index (κ3) is 8.22. The second-order valence-corrected chi connectivity index (χ2v) is 20.8. The van der Waals surface area contributed by atoms with Gasteiger partial charge in [0.2, 0.25) is 0 Å². The Morgan fingerprint density at radius 3 is 1.11 bits per heavy atom. The van der Waals surface area contributed by atoms with Gasteiger partial charge in [-0.2, -0.15) is 23.7 Å². The Morgan fingerprint density at radius 1 is 0.338 bits per heavy atom. The third-order valence-corrected chi connectivity index (χ3v) is 16.0. The molecule has 0 aliphatic heterocycles. The SMILES string of the molecule is Cc1ccccc1-c1ccc2c(c1)c1cc(-c3ccccc3C)ccc1n2-c1ccc(-c2ccc(C#N)cc2C(F)(F)F)cc1-c1c(C#N)cccc1-n1c2ccc(-c3ccccc3C)cc2c2cc(-c3ccccc3C)ccc21. The maximum atomic E-state index is 15.3. The van der Waals surface area contributed by atoms with Gasteiger partial charge in [-0.25, -0.2) is 0 Å². The number of fused-ring (bicyclic) bond motifs is 6. The van der Waals surface area contributed by atoms with E-state index in [-0.39, 0.29) is 16.7 Å². The third-order valence-electron chi connectivity index (χ3n) is 16.0. The first-order chi connectivity index (χ1) is 38.9. The largest absolute Gasteiger partial charge is 0.417 e. The van der Waals surface area contributed by atoms with Crippen LogP contribution in [0.25, 0.3) is 122 Å². The van der Waals surface area contributed by atoms with Gasteiger partial charge in [0.05, 0.1) is 62.3 Å². The summed E-state index contributed by atoms with van der Waals surface area (Å²) in [4.78, 5) is 0. The molecule has 13 aromatic rings. The zero-order chi connectivity index (χ0) is 55.0. The number of halogens is 3. The number of nitrogens with zero attached hydrogens (tertiary/aromatic N) is 4. The van der Waals surface area contributed by atoms with Crippen molar-refractivity contribution in [3.05, 3.63) is 263 Å². The Kier molecular flexibility index (Phi) is 11.9. The fourth-order valence-electron chi connectivity index (χ4n) is 12.1. The van der Waals surface area contributed by atoms with Gasteiger partial charge in [0.1, 0.15) is 0 Å². The lowest BCUT2D eigenvalue weighted by molar-refractivity contribution is -0.137. The lowest BCUT2D eigenvalue weighted by Gasteiger charge is -2.21. The highest BCUT2D eigenvalue weighted by molar-refractivity contribution is 6.14. The number of benzene rings is 11. The number of aromatic nitrogens is 2. The minimum Gasteiger partial charge on any atom is -0.309 e. The summed E-state index contributed by atoms with van der Waals surface area (Å²) in [6.07, 6.45) is -4.79. The van der Waals surface area contributed by atoms with E-state index in [4.69, 9.17) is 0 Å². The summed E-state index contributed by atoms with van der Waals surface area (Å²) in [5.74, 6) is 0. The summed E-state index contributed by atoms with van der Waals surface area (Å²) >= 11 is 0. The fourth-order valence-corrected chi connectivity index (χ4v) is 12.1. The summed E-state index contributed by atoms with van der Waals surface area (Å²) in [5, 5.41) is 25.3. The van der Waals surface area contributed by atoms with Crippen LogP contribution in [0.1, 0.15) is 38.9 Å². The summed E-state index contributed by atoms with van der Waals surface area (Å²) in [5.41, 5.74) is 18.7. The molecule has 382 valence electrons. The van der Waals surface area contributed by atoms with Gasteiger partial charge in [0, 0.05) is 32.7 Å².